The fourth-order valence-corrected chi connectivity index (χ4v) is 2.43. The van der Waals surface area contributed by atoms with Gasteiger partial charge in [-0.15, -0.1) is 0 Å². The number of hydrogen-bond acceptors (Lipinski definition) is 2. The van der Waals surface area contributed by atoms with Crippen LogP contribution < -0.4 is 5.32 Å². The predicted molar refractivity (Wildman–Crippen MR) is 83.6 cm³/mol. The van der Waals surface area contributed by atoms with Crippen LogP contribution in [0.3, 0.4) is 0 Å². The molecule has 0 aliphatic heterocycles. The van der Waals surface area contributed by atoms with Gasteiger partial charge in [-0.2, -0.15) is 0 Å². The van der Waals surface area contributed by atoms with Crippen molar-refractivity contribution in [2.75, 3.05) is 6.54 Å². The average molecular weight is 300 g/mol. The molecule has 106 valence electrons. The Hall–Kier alpha value is -2.33. The Kier molecular flexibility index (Phi) is 3.88. The zero-order valence-corrected chi connectivity index (χ0v) is 12.0. The second-order valence-electron chi connectivity index (χ2n) is 4.72. The largest absolute Gasteiger partial charge is 0.361 e. The number of benzene rings is 1. The second kappa shape index (κ2) is 5.97. The molecule has 3 rings (SSSR count). The van der Waals surface area contributed by atoms with Crippen molar-refractivity contribution in [3.05, 3.63) is 65.1 Å². The molecule has 1 aromatic carbocycles. The second-order valence-corrected chi connectivity index (χ2v) is 5.16. The normalized spacial score (nSPS) is 10.7. The van der Waals surface area contributed by atoms with E-state index in [1.54, 1.807) is 12.1 Å². The molecule has 0 aliphatic carbocycles. The number of fused-ring (bicyclic) bond motifs is 1. The molecule has 21 heavy (non-hydrogen) atoms. The first kappa shape index (κ1) is 13.6. The van der Waals surface area contributed by atoms with Crippen molar-refractivity contribution in [3.63, 3.8) is 0 Å². The summed E-state index contributed by atoms with van der Waals surface area (Å²) in [7, 11) is 0. The lowest BCUT2D eigenvalue weighted by Gasteiger charge is -2.04. The van der Waals surface area contributed by atoms with Crippen LogP contribution in [0.25, 0.3) is 10.9 Å². The molecule has 2 heterocycles. The third-order valence-corrected chi connectivity index (χ3v) is 3.54. The molecule has 0 bridgehead atoms. The molecule has 2 aromatic heterocycles. The Labute approximate surface area is 127 Å². The van der Waals surface area contributed by atoms with E-state index < -0.39 is 0 Å². The van der Waals surface area contributed by atoms with Crippen LogP contribution >= 0.6 is 11.6 Å². The summed E-state index contributed by atoms with van der Waals surface area (Å²) < 4.78 is 0. The molecule has 0 aliphatic rings. The molecular formula is C16H14ClN3O. The first-order valence-electron chi connectivity index (χ1n) is 6.69. The van der Waals surface area contributed by atoms with E-state index in [-0.39, 0.29) is 5.91 Å². The van der Waals surface area contributed by atoms with Gasteiger partial charge in [-0.3, -0.25) is 9.78 Å². The summed E-state index contributed by atoms with van der Waals surface area (Å²) in [5.74, 6) is -0.211. The van der Waals surface area contributed by atoms with Crippen molar-refractivity contribution >= 4 is 28.4 Å². The van der Waals surface area contributed by atoms with Crippen molar-refractivity contribution < 1.29 is 4.79 Å². The Morgan fingerprint density at radius 3 is 3.00 bits per heavy atom. The molecule has 0 fully saturated rings. The smallest absolute Gasteiger partial charge is 0.269 e. The van der Waals surface area contributed by atoms with E-state index in [0.717, 1.165) is 11.9 Å². The van der Waals surface area contributed by atoms with Crippen LogP contribution in [-0.2, 0) is 6.42 Å². The van der Waals surface area contributed by atoms with Crippen molar-refractivity contribution in [2.45, 2.75) is 6.42 Å². The van der Waals surface area contributed by atoms with Crippen LogP contribution in [0.5, 0.6) is 0 Å². The van der Waals surface area contributed by atoms with Gasteiger partial charge in [0.2, 0.25) is 0 Å². The van der Waals surface area contributed by atoms with E-state index in [4.69, 9.17) is 11.6 Å². The van der Waals surface area contributed by atoms with Gasteiger partial charge < -0.3 is 10.3 Å². The van der Waals surface area contributed by atoms with Crippen LogP contribution in [0.15, 0.2) is 48.8 Å². The lowest BCUT2D eigenvalue weighted by Crippen LogP contribution is -2.26. The van der Waals surface area contributed by atoms with Gasteiger partial charge in [-0.25, -0.2) is 0 Å². The number of para-hydroxylation sites is 1. The number of pyridine rings is 1. The topological polar surface area (TPSA) is 57.8 Å². The summed E-state index contributed by atoms with van der Waals surface area (Å²) in [6.07, 6.45) is 4.27. The van der Waals surface area contributed by atoms with E-state index in [2.05, 4.69) is 21.4 Å². The van der Waals surface area contributed by atoms with Crippen molar-refractivity contribution in [2.24, 2.45) is 0 Å². The number of aromatic nitrogens is 2. The maximum atomic E-state index is 11.9. The number of carbonyl (C=O) groups is 1. The van der Waals surface area contributed by atoms with Crippen LogP contribution in [0.1, 0.15) is 16.1 Å². The van der Waals surface area contributed by atoms with Crippen molar-refractivity contribution in [1.29, 1.82) is 0 Å². The van der Waals surface area contributed by atoms with E-state index in [9.17, 15) is 4.79 Å². The first-order valence-corrected chi connectivity index (χ1v) is 7.06. The molecular weight excluding hydrogens is 286 g/mol. The predicted octanol–water partition coefficient (Wildman–Crippen LogP) is 3.19. The monoisotopic (exact) mass is 299 g/mol. The molecule has 5 heteroatoms. The zero-order valence-electron chi connectivity index (χ0n) is 11.3. The van der Waals surface area contributed by atoms with E-state index >= 15 is 0 Å². The van der Waals surface area contributed by atoms with E-state index in [1.807, 2.05) is 24.4 Å². The maximum absolute atomic E-state index is 11.9. The highest BCUT2D eigenvalue weighted by Gasteiger charge is 2.08. The Bertz CT molecular complexity index is 782. The maximum Gasteiger partial charge on any atom is 0.269 e. The number of nitrogens with zero attached hydrogens (tertiary/aromatic N) is 1. The minimum atomic E-state index is -0.211. The number of halogens is 1. The number of amides is 1. The minimum Gasteiger partial charge on any atom is -0.361 e. The molecule has 4 nitrogen and oxygen atoms in total. The highest BCUT2D eigenvalue weighted by molar-refractivity contribution is 6.30. The highest BCUT2D eigenvalue weighted by atomic mass is 35.5. The van der Waals surface area contributed by atoms with Crippen LogP contribution in [0.4, 0.5) is 0 Å². The number of hydrogen-bond donors (Lipinski definition) is 2. The summed E-state index contributed by atoms with van der Waals surface area (Å²) in [5, 5.41) is 4.55. The number of aromatic amines is 1. The first-order chi connectivity index (χ1) is 10.2. The number of rotatable bonds is 4. The summed E-state index contributed by atoms with van der Waals surface area (Å²) in [6, 6.07) is 11.3. The van der Waals surface area contributed by atoms with Gasteiger partial charge >= 0.3 is 0 Å². The Morgan fingerprint density at radius 1 is 1.29 bits per heavy atom. The Balaban J connectivity index is 1.62. The van der Waals surface area contributed by atoms with Gasteiger partial charge in [-0.1, -0.05) is 29.8 Å². The van der Waals surface area contributed by atoms with E-state index in [0.29, 0.717) is 17.3 Å². The zero-order chi connectivity index (χ0) is 14.7. The number of nitrogens with one attached hydrogen (secondary N) is 2. The number of carbonyl (C=O) groups excluding carboxylic acids is 1. The molecule has 0 radical (unpaired) electrons. The molecule has 0 atom stereocenters. The lowest BCUT2D eigenvalue weighted by molar-refractivity contribution is 0.0949. The molecule has 3 aromatic rings. The van der Waals surface area contributed by atoms with Crippen LogP contribution in [0.2, 0.25) is 5.02 Å². The van der Waals surface area contributed by atoms with Crippen LogP contribution in [0, 0.1) is 0 Å². The fraction of sp³-hybridized carbons (Fsp3) is 0.125. The van der Waals surface area contributed by atoms with Gasteiger partial charge in [0.05, 0.1) is 0 Å². The van der Waals surface area contributed by atoms with E-state index in [1.165, 1.54) is 17.1 Å². The van der Waals surface area contributed by atoms with Crippen molar-refractivity contribution in [3.8, 4) is 0 Å². The minimum absolute atomic E-state index is 0.211. The van der Waals surface area contributed by atoms with Crippen LogP contribution in [-0.4, -0.2) is 22.4 Å². The summed E-state index contributed by atoms with van der Waals surface area (Å²) in [6.45, 7) is 0.550. The average Bonchev–Trinajstić information content (AvgIpc) is 2.91. The lowest BCUT2D eigenvalue weighted by atomic mass is 10.1. The molecule has 0 spiro atoms. The molecule has 0 saturated carbocycles. The third-order valence-electron chi connectivity index (χ3n) is 3.31. The molecule has 0 saturated heterocycles. The SMILES string of the molecule is O=C(NCCc1c[nH]c2ccccc12)c1cc(Cl)ccn1. The number of H-pyrrole nitrogens is 1. The Morgan fingerprint density at radius 2 is 2.14 bits per heavy atom. The highest BCUT2D eigenvalue weighted by Crippen LogP contribution is 2.17. The van der Waals surface area contributed by atoms with Crippen molar-refractivity contribution in [1.82, 2.24) is 15.3 Å². The van der Waals surface area contributed by atoms with Gasteiger partial charge in [0.25, 0.3) is 5.91 Å². The third kappa shape index (κ3) is 3.06. The van der Waals surface area contributed by atoms with Gasteiger partial charge in [0.15, 0.2) is 0 Å². The summed E-state index contributed by atoms with van der Waals surface area (Å²) in [5.41, 5.74) is 2.63. The molecule has 0 unspecified atom stereocenters. The van der Waals surface area contributed by atoms with Gasteiger partial charge in [0.1, 0.15) is 5.69 Å². The van der Waals surface area contributed by atoms with Gasteiger partial charge in [0, 0.05) is 34.9 Å². The summed E-state index contributed by atoms with van der Waals surface area (Å²) >= 11 is 5.85. The quantitative estimate of drug-likeness (QED) is 0.777. The summed E-state index contributed by atoms with van der Waals surface area (Å²) in [4.78, 5) is 19.2. The molecule has 1 amide bonds. The standard InChI is InChI=1S/C16H14ClN3O/c17-12-6-8-18-15(9-12)16(21)19-7-5-11-10-20-14-4-2-1-3-13(11)14/h1-4,6,8-10,20H,5,7H2,(H,19,21). The fourth-order valence-electron chi connectivity index (χ4n) is 2.27. The molecule has 2 N–H and O–H groups in total. The van der Waals surface area contributed by atoms with Gasteiger partial charge in [-0.05, 0) is 30.2 Å².